The van der Waals surface area contributed by atoms with Crippen LogP contribution < -0.4 is 5.32 Å². The number of nitrogens with one attached hydrogen (secondary N) is 1. The van der Waals surface area contributed by atoms with Crippen LogP contribution in [0.15, 0.2) is 0 Å². The molecule has 1 aliphatic rings. The number of carbonyl (C=O) groups excluding carboxylic acids is 1. The third-order valence-electron chi connectivity index (χ3n) is 2.10. The highest BCUT2D eigenvalue weighted by Crippen LogP contribution is 2.19. The Morgan fingerprint density at radius 3 is 2.75 bits per heavy atom. The number of amides is 1. The second kappa shape index (κ2) is 4.23. The maximum absolute atomic E-state index is 10.9. The van der Waals surface area contributed by atoms with Gasteiger partial charge in [-0.15, -0.1) is 0 Å². The molecule has 2 atom stereocenters. The van der Waals surface area contributed by atoms with Crippen molar-refractivity contribution in [3.8, 4) is 0 Å². The molecule has 1 saturated heterocycles. The molecule has 0 saturated carbocycles. The Morgan fingerprint density at radius 1 is 1.67 bits per heavy atom. The number of hydrogen-bond acceptors (Lipinski definition) is 2. The van der Waals surface area contributed by atoms with Gasteiger partial charge in [-0.05, 0) is 18.8 Å². The summed E-state index contributed by atoms with van der Waals surface area (Å²) < 4.78 is 4.84. The Bertz CT molecular complexity index is 172. The van der Waals surface area contributed by atoms with Crippen molar-refractivity contribution in [2.45, 2.75) is 38.8 Å². The molecule has 0 unspecified atom stereocenters. The molecular formula is C8H14BrNO2. The second-order valence-corrected chi connectivity index (χ2v) is 3.97. The standard InChI is InChI=1S/C8H14BrNO2/c1-5(2)3-4-6-7(12-9)8(11)10-6/h5-7H,3-4H2,1-2H3,(H,10,11)/t6-,7+/m0/s1. The molecule has 70 valence electrons. The van der Waals surface area contributed by atoms with Gasteiger partial charge in [-0.2, -0.15) is 0 Å². The molecule has 0 spiro atoms. The highest BCUT2D eigenvalue weighted by atomic mass is 79.9. The average molecular weight is 236 g/mol. The Hall–Kier alpha value is -0.0900. The van der Waals surface area contributed by atoms with Crippen LogP contribution in [0.3, 0.4) is 0 Å². The lowest BCUT2D eigenvalue weighted by molar-refractivity contribution is -0.138. The smallest absolute Gasteiger partial charge is 0.252 e. The van der Waals surface area contributed by atoms with Gasteiger partial charge >= 0.3 is 0 Å². The van der Waals surface area contributed by atoms with Crippen LogP contribution in [-0.4, -0.2) is 18.1 Å². The first-order valence-electron chi connectivity index (χ1n) is 4.23. The molecule has 1 fully saturated rings. The van der Waals surface area contributed by atoms with Crippen LogP contribution in [0.25, 0.3) is 0 Å². The Labute approximate surface area is 81.3 Å². The summed E-state index contributed by atoms with van der Waals surface area (Å²) in [5.41, 5.74) is 0. The molecule has 0 aromatic heterocycles. The van der Waals surface area contributed by atoms with E-state index in [-0.39, 0.29) is 18.1 Å². The summed E-state index contributed by atoms with van der Waals surface area (Å²) in [6.45, 7) is 4.34. The van der Waals surface area contributed by atoms with Gasteiger partial charge in [0.1, 0.15) is 0 Å². The normalized spacial score (nSPS) is 28.5. The largest absolute Gasteiger partial charge is 0.348 e. The highest BCUT2D eigenvalue weighted by molar-refractivity contribution is 9.06. The number of halogens is 1. The van der Waals surface area contributed by atoms with Crippen molar-refractivity contribution in [2.24, 2.45) is 5.92 Å². The number of rotatable bonds is 4. The van der Waals surface area contributed by atoms with Gasteiger partial charge in [0.05, 0.1) is 22.3 Å². The summed E-state index contributed by atoms with van der Waals surface area (Å²) in [5, 5.41) is 2.81. The summed E-state index contributed by atoms with van der Waals surface area (Å²) in [6, 6.07) is 0.208. The second-order valence-electron chi connectivity index (χ2n) is 3.60. The Balaban J connectivity index is 2.22. The molecule has 1 amide bonds. The molecule has 0 radical (unpaired) electrons. The SMILES string of the molecule is CC(C)CC[C@@H]1NC(=O)[C@@H]1OBr. The first-order chi connectivity index (χ1) is 5.65. The van der Waals surface area contributed by atoms with Gasteiger partial charge in [0.15, 0.2) is 6.10 Å². The van der Waals surface area contributed by atoms with E-state index >= 15 is 0 Å². The van der Waals surface area contributed by atoms with E-state index in [2.05, 4.69) is 35.4 Å². The predicted octanol–water partition coefficient (Wildman–Crippen LogP) is 1.62. The van der Waals surface area contributed by atoms with Gasteiger partial charge in [-0.1, -0.05) is 13.8 Å². The summed E-state index contributed by atoms with van der Waals surface area (Å²) in [7, 11) is 0. The molecule has 12 heavy (non-hydrogen) atoms. The van der Waals surface area contributed by atoms with E-state index < -0.39 is 0 Å². The first kappa shape index (κ1) is 9.99. The van der Waals surface area contributed by atoms with Crippen LogP contribution in [0.1, 0.15) is 26.7 Å². The minimum atomic E-state index is -0.274. The Morgan fingerprint density at radius 2 is 2.33 bits per heavy atom. The third-order valence-corrected chi connectivity index (χ3v) is 2.51. The predicted molar refractivity (Wildman–Crippen MR) is 49.8 cm³/mol. The van der Waals surface area contributed by atoms with Crippen molar-refractivity contribution < 1.29 is 8.62 Å². The van der Waals surface area contributed by atoms with E-state index in [9.17, 15) is 4.79 Å². The lowest BCUT2D eigenvalue weighted by Crippen LogP contribution is -2.62. The van der Waals surface area contributed by atoms with E-state index in [1.54, 1.807) is 0 Å². The van der Waals surface area contributed by atoms with E-state index in [0.717, 1.165) is 12.8 Å². The van der Waals surface area contributed by atoms with E-state index in [1.165, 1.54) is 0 Å². The quantitative estimate of drug-likeness (QED) is 0.753. The monoisotopic (exact) mass is 235 g/mol. The van der Waals surface area contributed by atoms with Crippen molar-refractivity contribution >= 4 is 22.2 Å². The molecule has 1 aliphatic heterocycles. The molecule has 3 nitrogen and oxygen atoms in total. The highest BCUT2D eigenvalue weighted by Gasteiger charge is 2.39. The maximum atomic E-state index is 10.9. The summed E-state index contributed by atoms with van der Waals surface area (Å²) in [5.74, 6) is 0.666. The van der Waals surface area contributed by atoms with Crippen molar-refractivity contribution in [2.75, 3.05) is 0 Å². The molecule has 1 heterocycles. The zero-order valence-corrected chi connectivity index (χ0v) is 8.93. The fourth-order valence-electron chi connectivity index (χ4n) is 1.27. The van der Waals surface area contributed by atoms with Gasteiger partial charge in [-0.3, -0.25) is 8.62 Å². The topological polar surface area (TPSA) is 38.3 Å². The first-order valence-corrected chi connectivity index (χ1v) is 4.87. The van der Waals surface area contributed by atoms with Gasteiger partial charge < -0.3 is 5.32 Å². The van der Waals surface area contributed by atoms with Gasteiger partial charge in [0.2, 0.25) is 0 Å². The number of carbonyl (C=O) groups is 1. The third kappa shape index (κ3) is 2.20. The lowest BCUT2D eigenvalue weighted by atomic mass is 9.94. The fourth-order valence-corrected chi connectivity index (χ4v) is 1.70. The lowest BCUT2D eigenvalue weighted by Gasteiger charge is -2.34. The van der Waals surface area contributed by atoms with Crippen LogP contribution in [0.5, 0.6) is 0 Å². The molecule has 0 bridgehead atoms. The average Bonchev–Trinajstić information content (AvgIpc) is 1.97. The van der Waals surface area contributed by atoms with Crippen LogP contribution in [-0.2, 0) is 8.62 Å². The van der Waals surface area contributed by atoms with E-state index in [1.807, 2.05) is 0 Å². The van der Waals surface area contributed by atoms with Crippen molar-refractivity contribution in [1.82, 2.24) is 5.32 Å². The molecule has 4 heteroatoms. The van der Waals surface area contributed by atoms with Crippen LogP contribution >= 0.6 is 16.3 Å². The fraction of sp³-hybridized carbons (Fsp3) is 0.875. The van der Waals surface area contributed by atoms with Crippen LogP contribution in [0, 0.1) is 5.92 Å². The van der Waals surface area contributed by atoms with E-state index in [4.69, 9.17) is 3.83 Å². The Kier molecular flexibility index (Phi) is 3.53. The molecule has 1 N–H and O–H groups in total. The minimum absolute atomic E-state index is 0.0133. The number of β-lactam (4-membered cyclic amide) rings is 1. The number of hydrogen-bond donors (Lipinski definition) is 1. The van der Waals surface area contributed by atoms with Crippen molar-refractivity contribution in [3.05, 3.63) is 0 Å². The van der Waals surface area contributed by atoms with Crippen LogP contribution in [0.4, 0.5) is 0 Å². The van der Waals surface area contributed by atoms with E-state index in [0.29, 0.717) is 5.92 Å². The summed E-state index contributed by atoms with van der Waals surface area (Å²) in [4.78, 5) is 10.9. The zero-order chi connectivity index (χ0) is 9.14. The van der Waals surface area contributed by atoms with Crippen molar-refractivity contribution in [3.63, 3.8) is 0 Å². The summed E-state index contributed by atoms with van der Waals surface area (Å²) in [6.07, 6.45) is 1.85. The zero-order valence-electron chi connectivity index (χ0n) is 7.34. The molecule has 0 aromatic carbocycles. The minimum Gasteiger partial charge on any atom is -0.348 e. The molecule has 0 aliphatic carbocycles. The van der Waals surface area contributed by atoms with Gasteiger partial charge in [0, 0.05) is 0 Å². The van der Waals surface area contributed by atoms with Crippen molar-refractivity contribution in [1.29, 1.82) is 0 Å². The van der Waals surface area contributed by atoms with Crippen LogP contribution in [0.2, 0.25) is 0 Å². The van der Waals surface area contributed by atoms with Gasteiger partial charge in [0.25, 0.3) is 5.91 Å². The maximum Gasteiger partial charge on any atom is 0.252 e. The van der Waals surface area contributed by atoms with Gasteiger partial charge in [-0.25, -0.2) is 0 Å². The summed E-state index contributed by atoms with van der Waals surface area (Å²) >= 11 is 2.85. The molecule has 0 aromatic rings. The molecular weight excluding hydrogens is 222 g/mol. The molecule has 1 rings (SSSR count).